The van der Waals surface area contributed by atoms with Crippen molar-refractivity contribution in [3.8, 4) is 0 Å². The summed E-state index contributed by atoms with van der Waals surface area (Å²) in [5.74, 6) is 2.13. The zero-order valence-corrected chi connectivity index (χ0v) is 11.6. The van der Waals surface area contributed by atoms with Crippen molar-refractivity contribution in [1.29, 1.82) is 0 Å². The van der Waals surface area contributed by atoms with Gasteiger partial charge in [-0.1, -0.05) is 32.0 Å². The molecule has 18 heavy (non-hydrogen) atoms. The van der Waals surface area contributed by atoms with Crippen LogP contribution in [0, 0.1) is 5.92 Å². The number of aromatic nitrogens is 1. The lowest BCUT2D eigenvalue weighted by Crippen LogP contribution is -2.23. The van der Waals surface area contributed by atoms with Crippen molar-refractivity contribution in [2.45, 2.75) is 26.3 Å². The average molecular weight is 263 g/mol. The molecule has 1 atom stereocenters. The van der Waals surface area contributed by atoms with Gasteiger partial charge in [-0.2, -0.15) is 0 Å². The van der Waals surface area contributed by atoms with Crippen molar-refractivity contribution in [3.63, 3.8) is 0 Å². The molecule has 1 aromatic heterocycles. The van der Waals surface area contributed by atoms with E-state index in [1.165, 1.54) is 0 Å². The number of hydrogen-bond donors (Lipinski definition) is 1. The molecule has 0 bridgehead atoms. The number of para-hydroxylation sites is 1. The van der Waals surface area contributed by atoms with Crippen LogP contribution >= 0.6 is 11.6 Å². The van der Waals surface area contributed by atoms with Crippen LogP contribution < -0.4 is 5.32 Å². The summed E-state index contributed by atoms with van der Waals surface area (Å²) in [6, 6.07) is 12.5. The minimum atomic E-state index is 0.278. The maximum Gasteiger partial charge on any atom is 0.126 e. The summed E-state index contributed by atoms with van der Waals surface area (Å²) in [5.41, 5.74) is 1.01. The maximum absolute atomic E-state index is 5.99. The second-order valence-corrected chi connectivity index (χ2v) is 5.32. The number of rotatable bonds is 5. The minimum Gasteiger partial charge on any atom is -0.366 e. The summed E-state index contributed by atoms with van der Waals surface area (Å²) in [6.07, 6.45) is 1.05. The Labute approximate surface area is 113 Å². The smallest absolute Gasteiger partial charge is 0.126 e. The van der Waals surface area contributed by atoms with E-state index in [2.05, 4.69) is 36.3 Å². The van der Waals surface area contributed by atoms with Crippen LogP contribution in [0.4, 0.5) is 5.82 Å². The monoisotopic (exact) mass is 262 g/mol. The highest BCUT2D eigenvalue weighted by atomic mass is 35.5. The van der Waals surface area contributed by atoms with Crippen molar-refractivity contribution in [3.05, 3.63) is 36.4 Å². The van der Waals surface area contributed by atoms with Gasteiger partial charge in [-0.3, -0.25) is 0 Å². The number of anilines is 1. The fourth-order valence-electron chi connectivity index (χ4n) is 2.09. The number of hydrogen-bond acceptors (Lipinski definition) is 2. The molecule has 0 saturated heterocycles. The summed E-state index contributed by atoms with van der Waals surface area (Å²) in [4.78, 5) is 4.60. The Bertz CT molecular complexity index is 511. The lowest BCUT2D eigenvalue weighted by Gasteiger charge is -2.18. The average Bonchev–Trinajstić information content (AvgIpc) is 2.37. The Morgan fingerprint density at radius 1 is 1.17 bits per heavy atom. The van der Waals surface area contributed by atoms with Crippen LogP contribution in [0.5, 0.6) is 0 Å². The maximum atomic E-state index is 5.99. The summed E-state index contributed by atoms with van der Waals surface area (Å²) < 4.78 is 0. The highest BCUT2D eigenvalue weighted by molar-refractivity contribution is 6.18. The lowest BCUT2D eigenvalue weighted by molar-refractivity contribution is 0.541. The third-order valence-corrected chi connectivity index (χ3v) is 3.27. The predicted molar refractivity (Wildman–Crippen MR) is 79.3 cm³/mol. The number of alkyl halides is 1. The Morgan fingerprint density at radius 3 is 2.67 bits per heavy atom. The zero-order valence-electron chi connectivity index (χ0n) is 10.9. The van der Waals surface area contributed by atoms with Gasteiger partial charge in [-0.25, -0.2) is 4.98 Å². The van der Waals surface area contributed by atoms with Gasteiger partial charge >= 0.3 is 0 Å². The number of nitrogens with zero attached hydrogens (tertiary/aromatic N) is 1. The van der Waals surface area contributed by atoms with Gasteiger partial charge in [-0.15, -0.1) is 11.6 Å². The number of fused-ring (bicyclic) bond motifs is 1. The van der Waals surface area contributed by atoms with Crippen LogP contribution in [-0.2, 0) is 0 Å². The highest BCUT2D eigenvalue weighted by Gasteiger charge is 2.10. The first-order chi connectivity index (χ1) is 8.69. The molecule has 1 unspecified atom stereocenters. The van der Waals surface area contributed by atoms with Crippen LogP contribution in [-0.4, -0.2) is 16.9 Å². The molecule has 1 aromatic carbocycles. The zero-order chi connectivity index (χ0) is 13.0. The molecule has 3 heteroatoms. The number of benzene rings is 1. The molecule has 1 N–H and O–H groups in total. The Morgan fingerprint density at radius 2 is 1.94 bits per heavy atom. The van der Waals surface area contributed by atoms with Crippen LogP contribution in [0.25, 0.3) is 10.9 Å². The van der Waals surface area contributed by atoms with Crippen LogP contribution in [0.15, 0.2) is 36.4 Å². The first-order valence-electron chi connectivity index (χ1n) is 6.37. The molecule has 0 aliphatic rings. The first kappa shape index (κ1) is 13.2. The fourth-order valence-corrected chi connectivity index (χ4v) is 2.29. The van der Waals surface area contributed by atoms with Gasteiger partial charge < -0.3 is 5.32 Å². The van der Waals surface area contributed by atoms with E-state index in [0.717, 1.165) is 23.1 Å². The molecule has 2 aromatic rings. The molecular weight excluding hydrogens is 244 g/mol. The van der Waals surface area contributed by atoms with E-state index in [-0.39, 0.29) is 6.04 Å². The summed E-state index contributed by atoms with van der Waals surface area (Å²) in [7, 11) is 0. The highest BCUT2D eigenvalue weighted by Crippen LogP contribution is 2.17. The lowest BCUT2D eigenvalue weighted by atomic mass is 10.1. The van der Waals surface area contributed by atoms with Gasteiger partial charge in [0.25, 0.3) is 0 Å². The molecule has 2 nitrogen and oxygen atoms in total. The molecule has 0 radical (unpaired) electrons. The summed E-state index contributed by atoms with van der Waals surface area (Å²) in [5, 5.41) is 4.57. The van der Waals surface area contributed by atoms with E-state index in [4.69, 9.17) is 11.6 Å². The minimum absolute atomic E-state index is 0.278. The van der Waals surface area contributed by atoms with Crippen molar-refractivity contribution in [2.24, 2.45) is 5.92 Å². The Balaban J connectivity index is 2.15. The topological polar surface area (TPSA) is 24.9 Å². The van der Waals surface area contributed by atoms with E-state index in [1.807, 2.05) is 24.3 Å². The first-order valence-corrected chi connectivity index (χ1v) is 6.91. The molecule has 0 amide bonds. The number of pyridine rings is 1. The summed E-state index contributed by atoms with van der Waals surface area (Å²) >= 11 is 5.99. The van der Waals surface area contributed by atoms with Crippen LogP contribution in [0.1, 0.15) is 20.3 Å². The molecule has 0 aliphatic heterocycles. The van der Waals surface area contributed by atoms with E-state index < -0.39 is 0 Å². The van der Waals surface area contributed by atoms with Crippen molar-refractivity contribution in [1.82, 2.24) is 4.98 Å². The van der Waals surface area contributed by atoms with E-state index in [9.17, 15) is 0 Å². The third kappa shape index (κ3) is 3.36. The molecule has 0 saturated carbocycles. The summed E-state index contributed by atoms with van der Waals surface area (Å²) in [6.45, 7) is 4.41. The molecule has 1 heterocycles. The van der Waals surface area contributed by atoms with Crippen molar-refractivity contribution in [2.75, 3.05) is 11.2 Å². The third-order valence-electron chi connectivity index (χ3n) is 2.89. The quantitative estimate of drug-likeness (QED) is 0.813. The second-order valence-electron chi connectivity index (χ2n) is 5.01. The Kier molecular flexibility index (Phi) is 4.43. The molecular formula is C15H19ClN2. The van der Waals surface area contributed by atoms with Gasteiger partial charge in [0.15, 0.2) is 0 Å². The predicted octanol–water partition coefficient (Wildman–Crippen LogP) is 4.30. The normalized spacial score (nSPS) is 12.9. The number of nitrogens with one attached hydrogen (secondary N) is 1. The van der Waals surface area contributed by atoms with E-state index >= 15 is 0 Å². The van der Waals surface area contributed by atoms with Gasteiger partial charge in [0, 0.05) is 17.3 Å². The van der Waals surface area contributed by atoms with Crippen molar-refractivity contribution >= 4 is 28.3 Å². The SMILES string of the molecule is CC(C)CC(CCl)Nc1ccc2ccccc2n1. The van der Waals surface area contributed by atoms with E-state index in [0.29, 0.717) is 11.8 Å². The molecule has 0 fully saturated rings. The van der Waals surface area contributed by atoms with E-state index in [1.54, 1.807) is 0 Å². The van der Waals surface area contributed by atoms with Gasteiger partial charge in [-0.05, 0) is 30.5 Å². The second kappa shape index (κ2) is 6.05. The molecule has 2 rings (SSSR count). The molecule has 0 aliphatic carbocycles. The van der Waals surface area contributed by atoms with Gasteiger partial charge in [0.2, 0.25) is 0 Å². The Hall–Kier alpha value is -1.28. The van der Waals surface area contributed by atoms with Crippen LogP contribution in [0.3, 0.4) is 0 Å². The van der Waals surface area contributed by atoms with Crippen molar-refractivity contribution < 1.29 is 0 Å². The number of halogens is 1. The molecule has 96 valence electrons. The standard InChI is InChI=1S/C15H19ClN2/c1-11(2)9-13(10-16)17-15-8-7-12-5-3-4-6-14(12)18-15/h3-8,11,13H,9-10H2,1-2H3,(H,17,18). The van der Waals surface area contributed by atoms with Crippen LogP contribution in [0.2, 0.25) is 0 Å². The largest absolute Gasteiger partial charge is 0.366 e. The van der Waals surface area contributed by atoms with Gasteiger partial charge in [0.05, 0.1) is 5.52 Å². The fraction of sp³-hybridized carbons (Fsp3) is 0.400. The molecule has 0 spiro atoms. The van der Waals surface area contributed by atoms with Gasteiger partial charge in [0.1, 0.15) is 5.82 Å².